The van der Waals surface area contributed by atoms with Crippen molar-refractivity contribution in [1.82, 2.24) is 10.1 Å². The molecule has 0 aromatic carbocycles. The van der Waals surface area contributed by atoms with Crippen molar-refractivity contribution in [2.75, 3.05) is 5.75 Å². The molecule has 0 spiro atoms. The number of aryl methyl sites for hydroxylation is 2. The summed E-state index contributed by atoms with van der Waals surface area (Å²) < 4.78 is 24.7. The lowest BCUT2D eigenvalue weighted by Crippen LogP contribution is -2.50. The van der Waals surface area contributed by atoms with Gasteiger partial charge in [-0.1, -0.05) is 5.16 Å². The average Bonchev–Trinajstić information content (AvgIpc) is 2.88. The second-order valence-electron chi connectivity index (χ2n) is 5.55. The van der Waals surface area contributed by atoms with Crippen molar-refractivity contribution in [1.29, 1.82) is 0 Å². The number of aliphatic hydroxyl groups is 3. The van der Waals surface area contributed by atoms with Gasteiger partial charge >= 0.3 is 0 Å². The van der Waals surface area contributed by atoms with Gasteiger partial charge in [0.2, 0.25) is 0 Å². The van der Waals surface area contributed by atoms with Gasteiger partial charge in [0.15, 0.2) is 11.2 Å². The van der Waals surface area contributed by atoms with E-state index in [0.717, 1.165) is 11.8 Å². The van der Waals surface area contributed by atoms with E-state index in [0.29, 0.717) is 22.7 Å². The maximum atomic E-state index is 14.3. The molecule has 2 aromatic heterocycles. The van der Waals surface area contributed by atoms with Crippen molar-refractivity contribution in [3.05, 3.63) is 29.5 Å². The minimum atomic E-state index is -1.34. The van der Waals surface area contributed by atoms with Gasteiger partial charge in [0.05, 0.1) is 23.1 Å². The van der Waals surface area contributed by atoms with Crippen molar-refractivity contribution in [2.45, 2.75) is 37.6 Å². The Kier molecular flexibility index (Phi) is 4.77. The number of hydrogen-bond donors (Lipinski definition) is 3. The Balaban J connectivity index is 1.81. The van der Waals surface area contributed by atoms with Gasteiger partial charge in [-0.15, -0.1) is 11.8 Å². The molecule has 1 aliphatic heterocycles. The topological polar surface area (TPSA) is 109 Å². The van der Waals surface area contributed by atoms with Gasteiger partial charge in [0, 0.05) is 5.75 Å². The molecular weight excluding hydrogens is 339 g/mol. The summed E-state index contributed by atoms with van der Waals surface area (Å²) in [4.78, 5) is 3.87. The summed E-state index contributed by atoms with van der Waals surface area (Å²) in [5.74, 6) is -0.287. The molecule has 130 valence electrons. The third kappa shape index (κ3) is 3.12. The maximum absolute atomic E-state index is 14.3. The predicted octanol–water partition coefficient (Wildman–Crippen LogP) is 1.03. The Morgan fingerprint density at radius 1 is 1.25 bits per heavy atom. The van der Waals surface area contributed by atoms with Crippen LogP contribution in [-0.2, 0) is 0 Å². The van der Waals surface area contributed by atoms with Gasteiger partial charge in [-0.25, -0.2) is 4.98 Å². The van der Waals surface area contributed by atoms with Crippen LogP contribution in [0, 0.1) is 19.8 Å². The molecule has 1 aliphatic rings. The van der Waals surface area contributed by atoms with Crippen LogP contribution >= 0.6 is 11.8 Å². The van der Waals surface area contributed by atoms with E-state index in [-0.39, 0.29) is 11.5 Å². The molecule has 7 nitrogen and oxygen atoms in total. The monoisotopic (exact) mass is 356 g/mol. The Hall–Kier alpha value is -1.68. The first-order chi connectivity index (χ1) is 11.4. The zero-order chi connectivity index (χ0) is 17.4. The molecule has 1 fully saturated rings. The quantitative estimate of drug-likeness (QED) is 0.700. The Labute approximate surface area is 141 Å². The number of aromatic nitrogens is 2. The van der Waals surface area contributed by atoms with Gasteiger partial charge in [-0.2, -0.15) is 4.39 Å². The number of halogens is 1. The largest absolute Gasteiger partial charge is 0.472 e. The molecule has 3 heterocycles. The van der Waals surface area contributed by atoms with Crippen LogP contribution in [0.2, 0.25) is 0 Å². The van der Waals surface area contributed by atoms with Crippen molar-refractivity contribution in [3.8, 4) is 17.0 Å². The third-order valence-electron chi connectivity index (χ3n) is 3.80. The van der Waals surface area contributed by atoms with E-state index in [1.54, 1.807) is 19.9 Å². The minimum Gasteiger partial charge on any atom is -0.472 e. The first kappa shape index (κ1) is 17.2. The third-order valence-corrected chi connectivity index (χ3v) is 5.04. The zero-order valence-corrected chi connectivity index (χ0v) is 13.8. The van der Waals surface area contributed by atoms with Gasteiger partial charge < -0.3 is 24.6 Å². The second kappa shape index (κ2) is 6.67. The van der Waals surface area contributed by atoms with E-state index < -0.39 is 29.7 Å². The number of thioether (sulfide) groups is 1. The molecular formula is C15H17FN2O5S. The van der Waals surface area contributed by atoms with E-state index in [2.05, 4.69) is 10.1 Å². The molecule has 0 amide bonds. The second-order valence-corrected chi connectivity index (χ2v) is 6.68. The van der Waals surface area contributed by atoms with Gasteiger partial charge in [0.25, 0.3) is 5.95 Å². The van der Waals surface area contributed by atoms with Crippen LogP contribution in [0.1, 0.15) is 11.5 Å². The first-order valence-corrected chi connectivity index (χ1v) is 8.35. The van der Waals surface area contributed by atoms with Crippen LogP contribution in [0.25, 0.3) is 11.3 Å². The maximum Gasteiger partial charge on any atom is 0.255 e. The molecule has 0 unspecified atom stereocenters. The fraction of sp³-hybridized carbons (Fsp3) is 0.467. The molecule has 0 saturated carbocycles. The van der Waals surface area contributed by atoms with Gasteiger partial charge in [-0.3, -0.25) is 0 Å². The highest BCUT2D eigenvalue weighted by Gasteiger charge is 2.39. The van der Waals surface area contributed by atoms with E-state index >= 15 is 0 Å². The molecule has 0 aliphatic carbocycles. The van der Waals surface area contributed by atoms with Crippen molar-refractivity contribution >= 4 is 11.8 Å². The fourth-order valence-electron chi connectivity index (χ4n) is 2.51. The summed E-state index contributed by atoms with van der Waals surface area (Å²) in [6.45, 7) is 3.44. The summed E-state index contributed by atoms with van der Waals surface area (Å²) in [7, 11) is 0. The number of ether oxygens (including phenoxy) is 1. The molecule has 3 N–H and O–H groups in total. The van der Waals surface area contributed by atoms with Crippen LogP contribution < -0.4 is 4.74 Å². The van der Waals surface area contributed by atoms with Gasteiger partial charge in [-0.05, 0) is 26.0 Å². The predicted molar refractivity (Wildman–Crippen MR) is 84.1 cm³/mol. The number of rotatable bonds is 3. The highest BCUT2D eigenvalue weighted by atomic mass is 32.2. The Bertz CT molecular complexity index is 721. The average molecular weight is 356 g/mol. The summed E-state index contributed by atoms with van der Waals surface area (Å²) in [5, 5.41) is 32.9. The summed E-state index contributed by atoms with van der Waals surface area (Å²) in [5.41, 5.74) is 0.683. The Morgan fingerprint density at radius 2 is 2.00 bits per heavy atom. The number of aliphatic hydroxyl groups excluding tert-OH is 3. The molecule has 0 radical (unpaired) electrons. The number of pyridine rings is 1. The van der Waals surface area contributed by atoms with Gasteiger partial charge in [0.1, 0.15) is 18.0 Å². The first-order valence-electron chi connectivity index (χ1n) is 7.30. The lowest BCUT2D eigenvalue weighted by molar-refractivity contribution is -0.0790. The molecule has 24 heavy (non-hydrogen) atoms. The zero-order valence-electron chi connectivity index (χ0n) is 13.0. The number of nitrogens with zero attached hydrogens (tertiary/aromatic N) is 2. The molecule has 3 rings (SSSR count). The summed E-state index contributed by atoms with van der Waals surface area (Å²) in [6.07, 6.45) is -3.72. The molecule has 9 heteroatoms. The lowest BCUT2D eigenvalue weighted by Gasteiger charge is -2.34. The fourth-order valence-corrected chi connectivity index (χ4v) is 3.62. The standard InChI is InChI=1S/C15H17FN2O5S/c1-6-11(7(2)23-18-6)8-3-4-10(14(16)17-8)22-15-13(21)12(20)9(19)5-24-15/h3-4,9,12-13,15,19-21H,5H2,1-2H3/t9-,12+,13-,15+/m1/s1. The van der Waals surface area contributed by atoms with Crippen molar-refractivity contribution < 1.29 is 29.0 Å². The molecule has 1 saturated heterocycles. The van der Waals surface area contributed by atoms with Crippen LogP contribution in [-0.4, -0.2) is 55.0 Å². The van der Waals surface area contributed by atoms with E-state index in [1.807, 2.05) is 0 Å². The number of hydrogen-bond acceptors (Lipinski definition) is 8. The molecule has 2 aromatic rings. The lowest BCUT2D eigenvalue weighted by atomic mass is 10.1. The minimum absolute atomic E-state index is 0.148. The van der Waals surface area contributed by atoms with Crippen LogP contribution in [0.15, 0.2) is 16.7 Å². The van der Waals surface area contributed by atoms with Crippen LogP contribution in [0.4, 0.5) is 4.39 Å². The summed E-state index contributed by atoms with van der Waals surface area (Å²) >= 11 is 1.09. The van der Waals surface area contributed by atoms with Crippen LogP contribution in [0.5, 0.6) is 5.75 Å². The SMILES string of the molecule is Cc1noc(C)c1-c1ccc(O[C@H]2SC[C@@H](O)[C@H](O)[C@H]2O)c(F)n1. The Morgan fingerprint density at radius 3 is 2.62 bits per heavy atom. The highest BCUT2D eigenvalue weighted by molar-refractivity contribution is 7.99. The summed E-state index contributed by atoms with van der Waals surface area (Å²) in [6, 6.07) is 2.96. The smallest absolute Gasteiger partial charge is 0.255 e. The van der Waals surface area contributed by atoms with Crippen LogP contribution in [0.3, 0.4) is 0 Å². The van der Waals surface area contributed by atoms with E-state index in [1.165, 1.54) is 6.07 Å². The van der Waals surface area contributed by atoms with E-state index in [9.17, 15) is 19.7 Å². The van der Waals surface area contributed by atoms with E-state index in [4.69, 9.17) is 9.26 Å². The normalized spacial score (nSPS) is 27.2. The molecule has 0 bridgehead atoms. The highest BCUT2D eigenvalue weighted by Crippen LogP contribution is 2.32. The van der Waals surface area contributed by atoms with Crippen molar-refractivity contribution in [3.63, 3.8) is 0 Å². The van der Waals surface area contributed by atoms with Crippen molar-refractivity contribution in [2.24, 2.45) is 0 Å². The molecule has 4 atom stereocenters.